The highest BCUT2D eigenvalue weighted by atomic mass is 35.5. The maximum Gasteiger partial charge on any atom is 0.336 e. The Morgan fingerprint density at radius 1 is 1.21 bits per heavy atom. The molecule has 1 aromatic carbocycles. The second-order valence-electron chi connectivity index (χ2n) is 5.90. The van der Waals surface area contributed by atoms with Crippen molar-refractivity contribution >= 4 is 29.8 Å². The topological polar surface area (TPSA) is 90.9 Å². The lowest BCUT2D eigenvalue weighted by atomic mass is 9.80. The quantitative estimate of drug-likeness (QED) is 0.402. The van der Waals surface area contributed by atoms with Crippen molar-refractivity contribution in [1.82, 2.24) is 5.32 Å². The fourth-order valence-corrected chi connectivity index (χ4v) is 3.31. The predicted molar refractivity (Wildman–Crippen MR) is 103 cm³/mol. The number of benzene rings is 1. The van der Waals surface area contributed by atoms with Gasteiger partial charge in [-0.15, -0.1) is 0 Å². The zero-order valence-electron chi connectivity index (χ0n) is 15.9. The summed E-state index contributed by atoms with van der Waals surface area (Å²) in [6.07, 6.45) is 0.613. The lowest BCUT2D eigenvalue weighted by Crippen LogP contribution is -2.34. The van der Waals surface area contributed by atoms with Crippen molar-refractivity contribution < 1.29 is 28.6 Å². The van der Waals surface area contributed by atoms with Gasteiger partial charge in [-0.2, -0.15) is 0 Å². The lowest BCUT2D eigenvalue weighted by molar-refractivity contribution is -0.139. The average Bonchev–Trinajstić information content (AvgIpc) is 2.67. The molecule has 1 atom stereocenters. The molecule has 0 aliphatic carbocycles. The molecule has 1 aromatic rings. The molecule has 150 valence electrons. The number of dihydropyridines is 1. The first kappa shape index (κ1) is 21.7. The molecule has 28 heavy (non-hydrogen) atoms. The van der Waals surface area contributed by atoms with Gasteiger partial charge in [0.15, 0.2) is 0 Å². The third-order valence-corrected chi connectivity index (χ3v) is 4.54. The van der Waals surface area contributed by atoms with E-state index >= 15 is 0 Å². The van der Waals surface area contributed by atoms with Gasteiger partial charge in [0, 0.05) is 10.7 Å². The Balaban J connectivity index is 2.69. The number of methoxy groups -OCH3 is 1. The van der Waals surface area contributed by atoms with Gasteiger partial charge in [-0.3, -0.25) is 0 Å². The summed E-state index contributed by atoms with van der Waals surface area (Å²) in [6, 6.07) is 6.92. The van der Waals surface area contributed by atoms with E-state index in [1.165, 1.54) is 7.11 Å². The third-order valence-electron chi connectivity index (χ3n) is 4.19. The number of carbonyl (C=O) groups is 3. The minimum atomic E-state index is -0.809. The molecule has 1 heterocycles. The molecule has 0 saturated carbocycles. The highest BCUT2D eigenvalue weighted by molar-refractivity contribution is 6.31. The van der Waals surface area contributed by atoms with Crippen molar-refractivity contribution in [2.24, 2.45) is 0 Å². The first-order valence-electron chi connectivity index (χ1n) is 8.68. The molecule has 1 aliphatic heterocycles. The van der Waals surface area contributed by atoms with Gasteiger partial charge in [0.1, 0.15) is 12.9 Å². The maximum atomic E-state index is 12.8. The van der Waals surface area contributed by atoms with Gasteiger partial charge in [-0.05, 0) is 25.5 Å². The molecular formula is C20H22ClNO6. The van der Waals surface area contributed by atoms with Gasteiger partial charge in [0.05, 0.1) is 43.1 Å². The largest absolute Gasteiger partial charge is 0.466 e. The summed E-state index contributed by atoms with van der Waals surface area (Å²) in [6.45, 7) is 3.35. The molecule has 1 aliphatic rings. The highest BCUT2D eigenvalue weighted by Crippen LogP contribution is 2.41. The number of ether oxygens (including phenoxy) is 3. The van der Waals surface area contributed by atoms with Crippen LogP contribution in [-0.4, -0.2) is 45.2 Å². The Labute approximate surface area is 168 Å². The zero-order chi connectivity index (χ0) is 20.7. The number of halogens is 1. The number of hydrogen-bond donors (Lipinski definition) is 1. The van der Waals surface area contributed by atoms with Crippen molar-refractivity contribution in [3.05, 3.63) is 57.4 Å². The van der Waals surface area contributed by atoms with Crippen LogP contribution in [0, 0.1) is 0 Å². The number of aldehydes is 1. The third kappa shape index (κ3) is 4.61. The van der Waals surface area contributed by atoms with Crippen LogP contribution in [0.2, 0.25) is 5.02 Å². The molecule has 0 spiro atoms. The fraction of sp³-hybridized carbons (Fsp3) is 0.350. The number of esters is 2. The Morgan fingerprint density at radius 2 is 1.93 bits per heavy atom. The van der Waals surface area contributed by atoms with Crippen LogP contribution in [0.4, 0.5) is 0 Å². The molecule has 0 saturated heterocycles. The standard InChI is InChI=1S/C20H22ClNO6/c1-4-28-20(25)18-15(11-27-10-9-23)22-12(2)16(19(24)26-3)17(18)13-7-5-6-8-14(13)21/h5-9,17,22H,4,10-11H2,1-3H3. The SMILES string of the molecule is CCOC(=O)C1=C(COCC=O)NC(C)=C(C(=O)OC)C1c1ccccc1Cl. The number of allylic oxidation sites excluding steroid dienone is 1. The predicted octanol–water partition coefficient (Wildman–Crippen LogP) is 2.51. The molecule has 0 amide bonds. The van der Waals surface area contributed by atoms with E-state index in [4.69, 9.17) is 25.8 Å². The van der Waals surface area contributed by atoms with Gasteiger partial charge < -0.3 is 24.3 Å². The molecule has 0 radical (unpaired) electrons. The summed E-state index contributed by atoms with van der Waals surface area (Å²) in [7, 11) is 1.27. The fourth-order valence-electron chi connectivity index (χ4n) is 3.07. The number of carbonyl (C=O) groups excluding carboxylic acids is 3. The number of hydrogen-bond acceptors (Lipinski definition) is 7. The second-order valence-corrected chi connectivity index (χ2v) is 6.31. The second kappa shape index (κ2) is 10.1. The average molecular weight is 408 g/mol. The molecular weight excluding hydrogens is 386 g/mol. The molecule has 0 bridgehead atoms. The summed E-state index contributed by atoms with van der Waals surface area (Å²) in [5.74, 6) is -2.01. The van der Waals surface area contributed by atoms with E-state index in [-0.39, 0.29) is 31.0 Å². The van der Waals surface area contributed by atoms with Crippen LogP contribution >= 0.6 is 11.6 Å². The van der Waals surface area contributed by atoms with E-state index in [1.807, 2.05) is 0 Å². The Morgan fingerprint density at radius 3 is 2.54 bits per heavy atom. The molecule has 1 N–H and O–H groups in total. The van der Waals surface area contributed by atoms with Crippen LogP contribution in [0.1, 0.15) is 25.3 Å². The summed E-state index contributed by atoms with van der Waals surface area (Å²) in [5, 5.41) is 3.41. The van der Waals surface area contributed by atoms with E-state index in [1.54, 1.807) is 38.1 Å². The van der Waals surface area contributed by atoms with Crippen LogP contribution in [0.15, 0.2) is 46.8 Å². The van der Waals surface area contributed by atoms with Gasteiger partial charge in [0.25, 0.3) is 0 Å². The van der Waals surface area contributed by atoms with Gasteiger partial charge in [-0.1, -0.05) is 29.8 Å². The van der Waals surface area contributed by atoms with E-state index in [2.05, 4.69) is 5.32 Å². The zero-order valence-corrected chi connectivity index (χ0v) is 16.7. The Kier molecular flexibility index (Phi) is 7.78. The normalized spacial score (nSPS) is 16.5. The van der Waals surface area contributed by atoms with Crippen LogP contribution < -0.4 is 5.32 Å². The number of rotatable bonds is 8. The molecule has 8 heteroatoms. The Bertz CT molecular complexity index is 830. The summed E-state index contributed by atoms with van der Waals surface area (Å²) < 4.78 is 15.5. The Hall–Kier alpha value is -2.64. The van der Waals surface area contributed by atoms with Crippen LogP contribution in [0.3, 0.4) is 0 Å². The van der Waals surface area contributed by atoms with Crippen molar-refractivity contribution in [3.8, 4) is 0 Å². The van der Waals surface area contributed by atoms with E-state index in [9.17, 15) is 14.4 Å². The lowest BCUT2D eigenvalue weighted by Gasteiger charge is -2.31. The van der Waals surface area contributed by atoms with Crippen molar-refractivity contribution in [2.75, 3.05) is 26.9 Å². The van der Waals surface area contributed by atoms with E-state index in [0.717, 1.165) is 0 Å². The number of nitrogens with one attached hydrogen (secondary N) is 1. The summed E-state index contributed by atoms with van der Waals surface area (Å²) in [5.41, 5.74) is 1.89. The van der Waals surface area contributed by atoms with E-state index < -0.39 is 17.9 Å². The molecule has 7 nitrogen and oxygen atoms in total. The summed E-state index contributed by atoms with van der Waals surface area (Å²) >= 11 is 6.39. The minimum absolute atomic E-state index is 0.0420. The smallest absolute Gasteiger partial charge is 0.336 e. The molecule has 0 fully saturated rings. The highest BCUT2D eigenvalue weighted by Gasteiger charge is 2.39. The van der Waals surface area contributed by atoms with Gasteiger partial charge in [-0.25, -0.2) is 9.59 Å². The minimum Gasteiger partial charge on any atom is -0.466 e. The first-order valence-corrected chi connectivity index (χ1v) is 9.06. The first-order chi connectivity index (χ1) is 13.5. The maximum absolute atomic E-state index is 12.8. The monoisotopic (exact) mass is 407 g/mol. The van der Waals surface area contributed by atoms with E-state index in [0.29, 0.717) is 28.3 Å². The van der Waals surface area contributed by atoms with Crippen LogP contribution in [0.5, 0.6) is 0 Å². The van der Waals surface area contributed by atoms with Crippen LogP contribution in [-0.2, 0) is 28.6 Å². The summed E-state index contributed by atoms with van der Waals surface area (Å²) in [4.78, 5) is 36.0. The van der Waals surface area contributed by atoms with Gasteiger partial charge in [0.2, 0.25) is 0 Å². The van der Waals surface area contributed by atoms with Crippen LogP contribution in [0.25, 0.3) is 0 Å². The van der Waals surface area contributed by atoms with Gasteiger partial charge >= 0.3 is 11.9 Å². The molecule has 1 unspecified atom stereocenters. The van der Waals surface area contributed by atoms with Crippen molar-refractivity contribution in [1.29, 1.82) is 0 Å². The molecule has 2 rings (SSSR count). The van der Waals surface area contributed by atoms with Crippen molar-refractivity contribution in [2.45, 2.75) is 19.8 Å². The van der Waals surface area contributed by atoms with Crippen molar-refractivity contribution in [3.63, 3.8) is 0 Å². The molecule has 0 aromatic heterocycles.